The number of carbonyl (C=O) groups excluding carboxylic acids is 1. The molecule has 2 atom stereocenters. The van der Waals surface area contributed by atoms with Crippen LogP contribution in [0.25, 0.3) is 0 Å². The smallest absolute Gasteiger partial charge is 0.128 e. The fraction of sp³-hybridized carbons (Fsp3) is 0.367. The molecular formula is C30H41NO. The fourth-order valence-electron chi connectivity index (χ4n) is 3.11. The number of carbonyl (C=O) groups is 1. The molecule has 0 N–H and O–H groups in total. The maximum absolute atomic E-state index is 11.0. The summed E-state index contributed by atoms with van der Waals surface area (Å²) in [6.07, 6.45) is 16.0. The summed E-state index contributed by atoms with van der Waals surface area (Å²) in [7, 11) is 3.98. The van der Waals surface area contributed by atoms with Gasteiger partial charge in [0.05, 0.1) is 0 Å². The van der Waals surface area contributed by atoms with Gasteiger partial charge in [-0.1, -0.05) is 110 Å². The molecule has 172 valence electrons. The Labute approximate surface area is 196 Å². The van der Waals surface area contributed by atoms with E-state index in [0.29, 0.717) is 0 Å². The second-order valence-corrected chi connectivity index (χ2v) is 8.19. The number of hydrogen-bond donors (Lipinski definition) is 0. The summed E-state index contributed by atoms with van der Waals surface area (Å²) in [5, 5.41) is 0. The number of hydrogen-bond acceptors (Lipinski definition) is 2. The topological polar surface area (TPSA) is 20.3 Å². The van der Waals surface area contributed by atoms with Crippen LogP contribution >= 0.6 is 0 Å². The highest BCUT2D eigenvalue weighted by Crippen LogP contribution is 2.12. The average Bonchev–Trinajstić information content (AvgIpc) is 3.37. The second kappa shape index (κ2) is 16.9. The van der Waals surface area contributed by atoms with Crippen molar-refractivity contribution >= 4 is 6.29 Å². The van der Waals surface area contributed by atoms with E-state index in [4.69, 9.17) is 0 Å². The monoisotopic (exact) mass is 431 g/mol. The molecule has 2 unspecified atom stereocenters. The van der Waals surface area contributed by atoms with Crippen molar-refractivity contribution in [1.29, 1.82) is 0 Å². The van der Waals surface area contributed by atoms with Gasteiger partial charge in [0.25, 0.3) is 0 Å². The molecule has 2 nitrogen and oxygen atoms in total. The molecule has 0 fully saturated rings. The largest absolute Gasteiger partial charge is 0.306 e. The highest BCUT2D eigenvalue weighted by atomic mass is 16.1. The summed E-state index contributed by atoms with van der Waals surface area (Å²) < 4.78 is 0. The minimum absolute atomic E-state index is 0.0336. The molecule has 0 spiro atoms. The zero-order valence-electron chi connectivity index (χ0n) is 20.6. The molecule has 0 radical (unpaired) electrons. The summed E-state index contributed by atoms with van der Waals surface area (Å²) in [5.74, 6) is -0.0336. The van der Waals surface area contributed by atoms with Gasteiger partial charge in [0.1, 0.15) is 6.29 Å². The van der Waals surface area contributed by atoms with E-state index in [2.05, 4.69) is 86.4 Å². The molecule has 0 amide bonds. The van der Waals surface area contributed by atoms with Crippen molar-refractivity contribution in [3.63, 3.8) is 0 Å². The Balaban J connectivity index is 0.000000279. The standard InChI is InChI=1S/C15H21NO.C8H10.C7H10/c1-13(16(2)3)15(12-17)11-7-10-14-8-5-4-6-9-14;1-2-8-6-4-3-5-7-8;1-2-7-5-3-4-6-7/h4-9,11-13,15H,10H2,1-3H3;3-7H,2H2,1H3;3-5H,2,6H2,1H3/b11-7-;;. The van der Waals surface area contributed by atoms with Gasteiger partial charge in [-0.25, -0.2) is 0 Å². The van der Waals surface area contributed by atoms with Gasteiger partial charge in [-0.05, 0) is 57.8 Å². The lowest BCUT2D eigenvalue weighted by molar-refractivity contribution is -0.111. The Morgan fingerprint density at radius 1 is 0.906 bits per heavy atom. The first-order valence-corrected chi connectivity index (χ1v) is 11.7. The number of allylic oxidation sites excluding steroid dienone is 5. The van der Waals surface area contributed by atoms with Crippen molar-refractivity contribution in [3.05, 3.63) is 108 Å². The van der Waals surface area contributed by atoms with E-state index in [0.717, 1.165) is 19.1 Å². The molecule has 1 aliphatic rings. The van der Waals surface area contributed by atoms with Crippen LogP contribution in [-0.2, 0) is 17.6 Å². The predicted octanol–water partition coefficient (Wildman–Crippen LogP) is 7.08. The van der Waals surface area contributed by atoms with Crippen molar-refractivity contribution in [1.82, 2.24) is 4.90 Å². The highest BCUT2D eigenvalue weighted by Gasteiger charge is 2.14. The van der Waals surface area contributed by atoms with Crippen molar-refractivity contribution in [2.75, 3.05) is 14.1 Å². The van der Waals surface area contributed by atoms with E-state index >= 15 is 0 Å². The zero-order chi connectivity index (χ0) is 23.6. The molecule has 0 heterocycles. The van der Waals surface area contributed by atoms with Crippen LogP contribution in [0.4, 0.5) is 0 Å². The third-order valence-electron chi connectivity index (χ3n) is 5.64. The minimum Gasteiger partial charge on any atom is -0.306 e. The van der Waals surface area contributed by atoms with Gasteiger partial charge >= 0.3 is 0 Å². The van der Waals surface area contributed by atoms with Crippen molar-refractivity contribution < 1.29 is 4.79 Å². The number of aldehydes is 1. The van der Waals surface area contributed by atoms with Crippen LogP contribution in [0.3, 0.4) is 0 Å². The van der Waals surface area contributed by atoms with Crippen LogP contribution in [0.15, 0.2) is 96.6 Å². The number of rotatable bonds is 8. The van der Waals surface area contributed by atoms with Gasteiger partial charge in [-0.15, -0.1) is 0 Å². The van der Waals surface area contributed by atoms with Gasteiger partial charge in [0.15, 0.2) is 0 Å². The van der Waals surface area contributed by atoms with Crippen LogP contribution in [0.1, 0.15) is 44.7 Å². The Kier molecular flexibility index (Phi) is 14.4. The van der Waals surface area contributed by atoms with Crippen molar-refractivity contribution in [3.8, 4) is 0 Å². The second-order valence-electron chi connectivity index (χ2n) is 8.19. The molecule has 32 heavy (non-hydrogen) atoms. The molecule has 2 aromatic rings. The fourth-order valence-corrected chi connectivity index (χ4v) is 3.11. The summed E-state index contributed by atoms with van der Waals surface area (Å²) in [6, 6.07) is 20.9. The first kappa shape index (κ1) is 27.3. The zero-order valence-corrected chi connectivity index (χ0v) is 20.6. The van der Waals surface area contributed by atoms with Crippen molar-refractivity contribution in [2.24, 2.45) is 5.92 Å². The molecule has 0 aromatic heterocycles. The van der Waals surface area contributed by atoms with Crippen LogP contribution in [-0.4, -0.2) is 31.3 Å². The molecule has 0 saturated carbocycles. The number of nitrogens with zero attached hydrogens (tertiary/aromatic N) is 1. The van der Waals surface area contributed by atoms with E-state index in [1.54, 1.807) is 5.57 Å². The van der Waals surface area contributed by atoms with Crippen LogP contribution in [0.2, 0.25) is 0 Å². The maximum Gasteiger partial charge on any atom is 0.128 e. The Bertz CT molecular complexity index is 818. The number of aryl methyl sites for hydroxylation is 1. The molecule has 1 aliphatic carbocycles. The summed E-state index contributed by atoms with van der Waals surface area (Å²) in [6.45, 7) is 6.42. The van der Waals surface area contributed by atoms with Crippen LogP contribution < -0.4 is 0 Å². The van der Waals surface area contributed by atoms with Gasteiger partial charge in [-0.2, -0.15) is 0 Å². The first-order chi connectivity index (χ1) is 15.5. The number of benzene rings is 2. The Hall–Kier alpha value is -2.71. The van der Waals surface area contributed by atoms with Crippen LogP contribution in [0.5, 0.6) is 0 Å². The van der Waals surface area contributed by atoms with Gasteiger partial charge in [0.2, 0.25) is 0 Å². The Morgan fingerprint density at radius 2 is 1.50 bits per heavy atom. The van der Waals surface area contributed by atoms with Gasteiger partial charge < -0.3 is 9.69 Å². The van der Waals surface area contributed by atoms with E-state index in [1.807, 2.05) is 44.4 Å². The quantitative estimate of drug-likeness (QED) is 0.329. The lowest BCUT2D eigenvalue weighted by atomic mass is 10.0. The third-order valence-corrected chi connectivity index (χ3v) is 5.64. The highest BCUT2D eigenvalue weighted by molar-refractivity contribution is 5.57. The summed E-state index contributed by atoms with van der Waals surface area (Å²) in [5.41, 5.74) is 4.23. The Morgan fingerprint density at radius 3 is 1.88 bits per heavy atom. The molecule has 0 saturated heterocycles. The van der Waals surface area contributed by atoms with Gasteiger partial charge in [-0.3, -0.25) is 0 Å². The molecule has 2 aromatic carbocycles. The lowest BCUT2D eigenvalue weighted by Crippen LogP contribution is -2.32. The normalized spacial score (nSPS) is 14.1. The van der Waals surface area contributed by atoms with E-state index in [-0.39, 0.29) is 12.0 Å². The molecular weight excluding hydrogens is 390 g/mol. The maximum atomic E-state index is 11.0. The molecule has 0 bridgehead atoms. The minimum atomic E-state index is -0.0336. The molecule has 2 heteroatoms. The average molecular weight is 432 g/mol. The summed E-state index contributed by atoms with van der Waals surface area (Å²) >= 11 is 0. The SMILES string of the molecule is CC(C(C=O)/C=C\Cc1ccccc1)N(C)C.CCC1=CC=CC1.CCc1ccccc1. The molecule has 3 rings (SSSR count). The van der Waals surface area contributed by atoms with E-state index in [1.165, 1.54) is 24.0 Å². The van der Waals surface area contributed by atoms with Crippen LogP contribution in [0, 0.1) is 5.92 Å². The van der Waals surface area contributed by atoms with E-state index < -0.39 is 0 Å². The van der Waals surface area contributed by atoms with E-state index in [9.17, 15) is 4.79 Å². The van der Waals surface area contributed by atoms with Crippen molar-refractivity contribution in [2.45, 2.75) is 52.5 Å². The summed E-state index contributed by atoms with van der Waals surface area (Å²) in [4.78, 5) is 13.1. The lowest BCUT2D eigenvalue weighted by Gasteiger charge is -2.23. The van der Waals surface area contributed by atoms with Gasteiger partial charge in [0, 0.05) is 12.0 Å². The third kappa shape index (κ3) is 11.6. The predicted molar refractivity (Wildman–Crippen MR) is 140 cm³/mol. The first-order valence-electron chi connectivity index (χ1n) is 11.7. The molecule has 0 aliphatic heterocycles.